The van der Waals surface area contributed by atoms with E-state index in [2.05, 4.69) is 16.4 Å². The second-order valence-corrected chi connectivity index (χ2v) is 5.79. The van der Waals surface area contributed by atoms with Crippen molar-refractivity contribution >= 4 is 18.0 Å². The molecular weight excluding hydrogens is 326 g/mol. The average Bonchev–Trinajstić information content (AvgIpc) is 3.08. The van der Waals surface area contributed by atoms with Crippen molar-refractivity contribution in [2.24, 2.45) is 0 Å². The van der Waals surface area contributed by atoms with E-state index >= 15 is 0 Å². The number of hydrogen-bond acceptors (Lipinski definition) is 5. The zero-order valence-corrected chi connectivity index (χ0v) is 14.7. The largest absolute Gasteiger partial charge is 0.497 e. The fourth-order valence-electron chi connectivity index (χ4n) is 2.40. The van der Waals surface area contributed by atoms with Crippen LogP contribution < -0.4 is 10.1 Å². The van der Waals surface area contributed by atoms with E-state index in [0.29, 0.717) is 18.3 Å². The van der Waals surface area contributed by atoms with Crippen LogP contribution in [-0.2, 0) is 6.54 Å². The lowest BCUT2D eigenvalue weighted by molar-refractivity contribution is 0.414. The lowest BCUT2D eigenvalue weighted by Gasteiger charge is -2.03. The molecule has 0 saturated heterocycles. The van der Waals surface area contributed by atoms with Crippen LogP contribution in [0, 0.1) is 18.3 Å². The number of methoxy groups -OCH3 is 1. The van der Waals surface area contributed by atoms with E-state index in [1.54, 1.807) is 13.2 Å². The van der Waals surface area contributed by atoms with Crippen molar-refractivity contribution in [1.82, 2.24) is 4.98 Å². The summed E-state index contributed by atoms with van der Waals surface area (Å²) < 4.78 is 10.9. The maximum absolute atomic E-state index is 9.27. The molecule has 3 aromatic rings. The molecule has 0 unspecified atom stereocenters. The van der Waals surface area contributed by atoms with Crippen molar-refractivity contribution in [2.45, 2.75) is 13.5 Å². The van der Waals surface area contributed by atoms with Gasteiger partial charge in [-0.25, -0.2) is 0 Å². The van der Waals surface area contributed by atoms with Gasteiger partial charge in [0.2, 0.25) is 17.5 Å². The summed E-state index contributed by atoms with van der Waals surface area (Å²) in [5, 5.41) is 12.4. The molecule has 5 nitrogen and oxygen atoms in total. The van der Waals surface area contributed by atoms with Gasteiger partial charge in [0, 0.05) is 12.6 Å². The molecule has 1 N–H and O–H groups in total. The molecule has 2 aromatic carbocycles. The van der Waals surface area contributed by atoms with Crippen LogP contribution in [0.1, 0.15) is 28.3 Å². The summed E-state index contributed by atoms with van der Waals surface area (Å²) in [4.78, 5) is 4.20. The van der Waals surface area contributed by atoms with Crippen LogP contribution in [0.4, 0.5) is 5.88 Å². The highest BCUT2D eigenvalue weighted by atomic mass is 16.5. The highest BCUT2D eigenvalue weighted by molar-refractivity contribution is 5.67. The van der Waals surface area contributed by atoms with Crippen LogP contribution in [0.3, 0.4) is 0 Å². The maximum Gasteiger partial charge on any atom is 0.232 e. The average molecular weight is 345 g/mol. The molecule has 0 aliphatic carbocycles. The molecule has 0 atom stereocenters. The monoisotopic (exact) mass is 345 g/mol. The third-order valence-corrected chi connectivity index (χ3v) is 3.84. The Morgan fingerprint density at radius 2 is 2.00 bits per heavy atom. The van der Waals surface area contributed by atoms with Gasteiger partial charge in [-0.3, -0.25) is 0 Å². The predicted octanol–water partition coefficient (Wildman–Crippen LogP) is 4.65. The Morgan fingerprint density at radius 1 is 1.19 bits per heavy atom. The van der Waals surface area contributed by atoms with Gasteiger partial charge in [-0.15, -0.1) is 0 Å². The molecule has 0 fully saturated rings. The quantitative estimate of drug-likeness (QED) is 0.704. The van der Waals surface area contributed by atoms with Gasteiger partial charge in [0.25, 0.3) is 0 Å². The number of oxazole rings is 1. The first-order chi connectivity index (χ1) is 12.7. The minimum absolute atomic E-state index is 0.238. The molecule has 0 saturated carbocycles. The molecule has 26 heavy (non-hydrogen) atoms. The molecule has 0 spiro atoms. The second kappa shape index (κ2) is 8.04. The zero-order valence-electron chi connectivity index (χ0n) is 14.7. The Bertz CT molecular complexity index is 950. The number of anilines is 1. The number of benzene rings is 2. The lowest BCUT2D eigenvalue weighted by atomic mass is 10.1. The Kier molecular flexibility index (Phi) is 5.35. The number of hydrogen-bond donors (Lipinski definition) is 1. The predicted molar refractivity (Wildman–Crippen MR) is 102 cm³/mol. The van der Waals surface area contributed by atoms with Crippen LogP contribution >= 0.6 is 0 Å². The van der Waals surface area contributed by atoms with Crippen molar-refractivity contribution in [3.63, 3.8) is 0 Å². The zero-order chi connectivity index (χ0) is 18.4. The molecule has 0 aliphatic heterocycles. The summed E-state index contributed by atoms with van der Waals surface area (Å²) in [6, 6.07) is 17.9. The number of nitrogens with zero attached hydrogens (tertiary/aromatic N) is 2. The molecule has 1 aromatic heterocycles. The summed E-state index contributed by atoms with van der Waals surface area (Å²) in [5.74, 6) is 1.52. The standard InChI is InChI=1S/C21H19N3O2/c1-15-6-8-17(9-7-15)14-23-21-19(13-22)24-20(26-21)11-10-16-4-3-5-18(12-16)25-2/h3-12,23H,14H2,1-2H3. The topological polar surface area (TPSA) is 71.1 Å². The summed E-state index contributed by atoms with van der Waals surface area (Å²) in [6.07, 6.45) is 3.59. The van der Waals surface area contributed by atoms with Crippen LogP contribution in [-0.4, -0.2) is 12.1 Å². The van der Waals surface area contributed by atoms with Crippen molar-refractivity contribution < 1.29 is 9.15 Å². The highest BCUT2D eigenvalue weighted by Crippen LogP contribution is 2.20. The minimum atomic E-state index is 0.238. The Labute approximate surface area is 152 Å². The molecule has 0 amide bonds. The van der Waals surface area contributed by atoms with E-state index in [1.807, 2.05) is 61.5 Å². The van der Waals surface area contributed by atoms with Gasteiger partial charge < -0.3 is 14.5 Å². The molecule has 5 heteroatoms. The smallest absolute Gasteiger partial charge is 0.232 e. The molecular formula is C21H19N3O2. The fraction of sp³-hybridized carbons (Fsp3) is 0.143. The van der Waals surface area contributed by atoms with Crippen molar-refractivity contribution in [1.29, 1.82) is 5.26 Å². The van der Waals surface area contributed by atoms with Gasteiger partial charge in [0.15, 0.2) is 0 Å². The molecule has 1 heterocycles. The van der Waals surface area contributed by atoms with Crippen LogP contribution in [0.15, 0.2) is 52.9 Å². The number of nitrogens with one attached hydrogen (secondary N) is 1. The number of aryl methyl sites for hydroxylation is 1. The van der Waals surface area contributed by atoms with Crippen LogP contribution in [0.25, 0.3) is 12.2 Å². The van der Waals surface area contributed by atoms with Gasteiger partial charge in [-0.05, 0) is 36.3 Å². The molecule has 130 valence electrons. The normalized spacial score (nSPS) is 10.7. The molecule has 0 radical (unpaired) electrons. The summed E-state index contributed by atoms with van der Waals surface area (Å²) in [7, 11) is 1.63. The second-order valence-electron chi connectivity index (χ2n) is 5.79. The van der Waals surface area contributed by atoms with E-state index in [1.165, 1.54) is 5.56 Å². The Hall–Kier alpha value is -3.52. The summed E-state index contributed by atoms with van der Waals surface area (Å²) in [5.41, 5.74) is 3.50. The first kappa shape index (κ1) is 17.3. The Balaban J connectivity index is 1.72. The summed E-state index contributed by atoms with van der Waals surface area (Å²) >= 11 is 0. The lowest BCUT2D eigenvalue weighted by Crippen LogP contribution is -1.99. The SMILES string of the molecule is COc1cccc(C=Cc2nc(C#N)c(NCc3ccc(C)cc3)o2)c1. The van der Waals surface area contributed by atoms with Gasteiger partial charge in [-0.2, -0.15) is 10.2 Å². The van der Waals surface area contributed by atoms with Gasteiger partial charge >= 0.3 is 0 Å². The number of rotatable bonds is 6. The third kappa shape index (κ3) is 4.31. The fourth-order valence-corrected chi connectivity index (χ4v) is 2.40. The summed E-state index contributed by atoms with van der Waals surface area (Å²) in [6.45, 7) is 2.60. The highest BCUT2D eigenvalue weighted by Gasteiger charge is 2.11. The minimum Gasteiger partial charge on any atom is -0.497 e. The van der Waals surface area contributed by atoms with Crippen molar-refractivity contribution in [3.05, 3.63) is 76.8 Å². The van der Waals surface area contributed by atoms with Crippen LogP contribution in [0.5, 0.6) is 5.75 Å². The molecule has 3 rings (SSSR count). The van der Waals surface area contributed by atoms with E-state index in [4.69, 9.17) is 9.15 Å². The maximum atomic E-state index is 9.27. The number of ether oxygens (including phenoxy) is 1. The van der Waals surface area contributed by atoms with Crippen LogP contribution in [0.2, 0.25) is 0 Å². The number of aromatic nitrogens is 1. The van der Waals surface area contributed by atoms with Gasteiger partial charge in [-0.1, -0.05) is 42.0 Å². The molecule has 0 bridgehead atoms. The number of nitriles is 1. The van der Waals surface area contributed by atoms with Gasteiger partial charge in [0.1, 0.15) is 11.8 Å². The van der Waals surface area contributed by atoms with Crippen molar-refractivity contribution in [3.8, 4) is 11.8 Å². The van der Waals surface area contributed by atoms with E-state index in [9.17, 15) is 5.26 Å². The van der Waals surface area contributed by atoms with E-state index < -0.39 is 0 Å². The van der Waals surface area contributed by atoms with Crippen molar-refractivity contribution in [2.75, 3.05) is 12.4 Å². The van der Waals surface area contributed by atoms with Gasteiger partial charge in [0.05, 0.1) is 7.11 Å². The van der Waals surface area contributed by atoms with E-state index in [0.717, 1.165) is 16.9 Å². The first-order valence-electron chi connectivity index (χ1n) is 8.20. The first-order valence-corrected chi connectivity index (χ1v) is 8.20. The third-order valence-electron chi connectivity index (χ3n) is 3.84. The Morgan fingerprint density at radius 3 is 2.73 bits per heavy atom. The molecule has 0 aliphatic rings. The van der Waals surface area contributed by atoms with E-state index in [-0.39, 0.29) is 5.69 Å².